The number of hydrogen-bond acceptors (Lipinski definition) is 3. The third-order valence-electron chi connectivity index (χ3n) is 2.75. The van der Waals surface area contributed by atoms with E-state index in [1.54, 1.807) is 11.8 Å². The van der Waals surface area contributed by atoms with Crippen molar-refractivity contribution < 1.29 is 9.52 Å². The van der Waals surface area contributed by atoms with Gasteiger partial charge in [-0.2, -0.15) is 11.8 Å². The van der Waals surface area contributed by atoms with Crippen LogP contribution in [0.3, 0.4) is 0 Å². The summed E-state index contributed by atoms with van der Waals surface area (Å²) in [5.41, 5.74) is 2.06. The average Bonchev–Trinajstić information content (AvgIpc) is 2.71. The summed E-state index contributed by atoms with van der Waals surface area (Å²) >= 11 is 1.77. The van der Waals surface area contributed by atoms with E-state index in [0.717, 1.165) is 16.7 Å². The van der Waals surface area contributed by atoms with Crippen LogP contribution in [0.5, 0.6) is 0 Å². The van der Waals surface area contributed by atoms with Crippen LogP contribution >= 0.6 is 11.8 Å². The Kier molecular flexibility index (Phi) is 4.36. The van der Waals surface area contributed by atoms with Crippen molar-refractivity contribution in [2.24, 2.45) is 5.92 Å². The maximum atomic E-state index is 10.1. The van der Waals surface area contributed by atoms with Crippen LogP contribution in [0.1, 0.15) is 31.3 Å². The molecular weight excluding hydrogens is 244 g/mol. The molecule has 2 rings (SSSR count). The summed E-state index contributed by atoms with van der Waals surface area (Å²) < 4.78 is 5.68. The highest BCUT2D eigenvalue weighted by atomic mass is 32.2. The lowest BCUT2D eigenvalue weighted by Crippen LogP contribution is -2.01. The second kappa shape index (κ2) is 5.81. The van der Waals surface area contributed by atoms with Gasteiger partial charge in [0.1, 0.15) is 17.4 Å². The van der Waals surface area contributed by atoms with Gasteiger partial charge in [0.25, 0.3) is 0 Å². The molecule has 0 spiro atoms. The first kappa shape index (κ1) is 13.5. The van der Waals surface area contributed by atoms with Gasteiger partial charge >= 0.3 is 0 Å². The normalized spacial score (nSPS) is 13.4. The van der Waals surface area contributed by atoms with Crippen LogP contribution < -0.4 is 0 Å². The summed E-state index contributed by atoms with van der Waals surface area (Å²) in [6.45, 7) is 6.42. The van der Waals surface area contributed by atoms with Crippen molar-refractivity contribution >= 4 is 22.7 Å². The summed E-state index contributed by atoms with van der Waals surface area (Å²) in [5.74, 6) is 3.08. The monoisotopic (exact) mass is 264 g/mol. The molecule has 0 aliphatic carbocycles. The molecule has 3 heteroatoms. The van der Waals surface area contributed by atoms with Crippen molar-refractivity contribution in [3.63, 3.8) is 0 Å². The predicted octanol–water partition coefficient (Wildman–Crippen LogP) is 4.16. The van der Waals surface area contributed by atoms with Gasteiger partial charge in [-0.1, -0.05) is 25.5 Å². The average molecular weight is 264 g/mol. The van der Waals surface area contributed by atoms with Gasteiger partial charge < -0.3 is 9.52 Å². The van der Waals surface area contributed by atoms with Crippen LogP contribution in [0.25, 0.3) is 11.0 Å². The third-order valence-corrected chi connectivity index (χ3v) is 4.20. The zero-order valence-electron chi connectivity index (χ0n) is 11.1. The zero-order chi connectivity index (χ0) is 13.1. The molecule has 18 heavy (non-hydrogen) atoms. The molecule has 1 atom stereocenters. The van der Waals surface area contributed by atoms with Gasteiger partial charge in [0.2, 0.25) is 0 Å². The number of aliphatic hydroxyl groups is 1. The third kappa shape index (κ3) is 3.30. The van der Waals surface area contributed by atoms with Crippen LogP contribution in [0, 0.1) is 12.8 Å². The Morgan fingerprint density at radius 3 is 2.72 bits per heavy atom. The van der Waals surface area contributed by atoms with Crippen molar-refractivity contribution in [2.75, 3.05) is 11.5 Å². The van der Waals surface area contributed by atoms with Crippen LogP contribution in [0.2, 0.25) is 0 Å². The molecule has 1 unspecified atom stereocenters. The van der Waals surface area contributed by atoms with Crippen molar-refractivity contribution in [1.29, 1.82) is 0 Å². The molecule has 1 N–H and O–H groups in total. The number of thioether (sulfide) groups is 1. The highest BCUT2D eigenvalue weighted by Gasteiger charge is 2.13. The predicted molar refractivity (Wildman–Crippen MR) is 78.1 cm³/mol. The van der Waals surface area contributed by atoms with E-state index in [4.69, 9.17) is 4.42 Å². The van der Waals surface area contributed by atoms with Crippen molar-refractivity contribution in [1.82, 2.24) is 0 Å². The van der Waals surface area contributed by atoms with Crippen molar-refractivity contribution in [2.45, 2.75) is 26.9 Å². The Hall–Kier alpha value is -0.930. The molecule has 0 fully saturated rings. The van der Waals surface area contributed by atoms with Gasteiger partial charge in [0, 0.05) is 11.1 Å². The molecule has 0 amide bonds. The summed E-state index contributed by atoms with van der Waals surface area (Å²) in [5, 5.41) is 11.2. The number of aliphatic hydroxyl groups excluding tert-OH is 1. The highest BCUT2D eigenvalue weighted by Crippen LogP contribution is 2.27. The van der Waals surface area contributed by atoms with E-state index < -0.39 is 6.10 Å². The van der Waals surface area contributed by atoms with E-state index in [-0.39, 0.29) is 0 Å². The summed E-state index contributed by atoms with van der Waals surface area (Å²) in [6, 6.07) is 8.01. The van der Waals surface area contributed by atoms with Gasteiger partial charge in [-0.25, -0.2) is 0 Å². The molecule has 0 bridgehead atoms. The summed E-state index contributed by atoms with van der Waals surface area (Å²) in [4.78, 5) is 0. The fraction of sp³-hybridized carbons (Fsp3) is 0.467. The van der Waals surface area contributed by atoms with Gasteiger partial charge in [-0.3, -0.25) is 0 Å². The number of rotatable bonds is 5. The van der Waals surface area contributed by atoms with Gasteiger partial charge in [0.05, 0.1) is 0 Å². The number of hydrogen-bond donors (Lipinski definition) is 1. The largest absolute Gasteiger partial charge is 0.458 e. The molecule has 1 heterocycles. The standard InChI is InChI=1S/C15H20O2S/c1-10(2)8-18-9-13(16)15-7-12-6-11(3)4-5-14(12)17-15/h4-7,10,13,16H,8-9H2,1-3H3. The van der Waals surface area contributed by atoms with E-state index in [0.29, 0.717) is 17.4 Å². The molecule has 1 aromatic heterocycles. The first-order valence-corrected chi connectivity index (χ1v) is 7.47. The van der Waals surface area contributed by atoms with Crippen LogP contribution in [-0.4, -0.2) is 16.6 Å². The molecule has 0 saturated heterocycles. The van der Waals surface area contributed by atoms with E-state index in [1.165, 1.54) is 5.56 Å². The Labute approximate surface area is 112 Å². The number of benzene rings is 1. The zero-order valence-corrected chi connectivity index (χ0v) is 12.0. The fourth-order valence-corrected chi connectivity index (χ4v) is 2.84. The lowest BCUT2D eigenvalue weighted by Gasteiger charge is -2.08. The number of aryl methyl sites for hydroxylation is 1. The summed E-state index contributed by atoms with van der Waals surface area (Å²) in [7, 11) is 0. The minimum atomic E-state index is -0.513. The Balaban J connectivity index is 2.06. The number of furan rings is 1. The quantitative estimate of drug-likeness (QED) is 0.880. The fourth-order valence-electron chi connectivity index (χ4n) is 1.85. The lowest BCUT2D eigenvalue weighted by atomic mass is 10.2. The first-order chi connectivity index (χ1) is 8.56. The van der Waals surface area contributed by atoms with Crippen molar-refractivity contribution in [3.8, 4) is 0 Å². The second-order valence-electron chi connectivity index (χ2n) is 5.14. The topological polar surface area (TPSA) is 33.4 Å². The van der Waals surface area contributed by atoms with E-state index in [9.17, 15) is 5.11 Å². The van der Waals surface area contributed by atoms with Crippen LogP contribution in [0.15, 0.2) is 28.7 Å². The van der Waals surface area contributed by atoms with Crippen LogP contribution in [-0.2, 0) is 0 Å². The molecule has 0 saturated carbocycles. The lowest BCUT2D eigenvalue weighted by molar-refractivity contribution is 0.176. The van der Waals surface area contributed by atoms with E-state index in [1.807, 2.05) is 18.2 Å². The Morgan fingerprint density at radius 2 is 2.00 bits per heavy atom. The van der Waals surface area contributed by atoms with E-state index in [2.05, 4.69) is 26.8 Å². The van der Waals surface area contributed by atoms with Gasteiger partial charge in [-0.05, 0) is 36.8 Å². The molecule has 98 valence electrons. The Bertz CT molecular complexity index is 516. The molecule has 2 nitrogen and oxygen atoms in total. The molecule has 0 radical (unpaired) electrons. The Morgan fingerprint density at radius 1 is 1.22 bits per heavy atom. The maximum Gasteiger partial charge on any atom is 0.134 e. The molecule has 0 aliphatic rings. The molecular formula is C15H20O2S. The van der Waals surface area contributed by atoms with Gasteiger partial charge in [0.15, 0.2) is 0 Å². The second-order valence-corrected chi connectivity index (χ2v) is 6.21. The molecule has 1 aromatic carbocycles. The SMILES string of the molecule is Cc1ccc2oc(C(O)CSCC(C)C)cc2c1. The van der Waals surface area contributed by atoms with Crippen molar-refractivity contribution in [3.05, 3.63) is 35.6 Å². The summed E-state index contributed by atoms with van der Waals surface area (Å²) in [6.07, 6.45) is -0.513. The van der Waals surface area contributed by atoms with Gasteiger partial charge in [-0.15, -0.1) is 0 Å². The smallest absolute Gasteiger partial charge is 0.134 e. The number of fused-ring (bicyclic) bond motifs is 1. The molecule has 2 aromatic rings. The highest BCUT2D eigenvalue weighted by molar-refractivity contribution is 7.99. The molecule has 0 aliphatic heterocycles. The maximum absolute atomic E-state index is 10.1. The van der Waals surface area contributed by atoms with E-state index >= 15 is 0 Å². The minimum Gasteiger partial charge on any atom is -0.458 e. The first-order valence-electron chi connectivity index (χ1n) is 6.32. The minimum absolute atomic E-state index is 0.513. The van der Waals surface area contributed by atoms with Crippen LogP contribution in [0.4, 0.5) is 0 Å².